The predicted octanol–water partition coefficient (Wildman–Crippen LogP) is 2.15. The molecule has 2 heterocycles. The second kappa shape index (κ2) is 6.35. The Morgan fingerprint density at radius 2 is 2.16 bits per heavy atom. The number of hydrogen-bond acceptors (Lipinski definition) is 3. The van der Waals surface area contributed by atoms with E-state index in [4.69, 9.17) is 11.6 Å². The largest absolute Gasteiger partial charge is 0.339 e. The molecule has 1 saturated heterocycles. The van der Waals surface area contributed by atoms with Crippen LogP contribution in [0.5, 0.6) is 0 Å². The van der Waals surface area contributed by atoms with Crippen LogP contribution in [0.25, 0.3) is 0 Å². The first-order valence-electron chi connectivity index (χ1n) is 6.62. The number of carbonyl (C=O) groups excluding carboxylic acids is 1. The minimum Gasteiger partial charge on any atom is -0.339 e. The molecule has 0 bridgehead atoms. The molecule has 1 aliphatic heterocycles. The molecule has 1 fully saturated rings. The molecular weight excluding hydrogens is 262 g/mol. The highest BCUT2D eigenvalue weighted by atomic mass is 35.5. The van der Waals surface area contributed by atoms with Gasteiger partial charge in [0.05, 0.1) is 0 Å². The zero-order chi connectivity index (χ0) is 13.8. The van der Waals surface area contributed by atoms with Crippen molar-refractivity contribution in [3.63, 3.8) is 0 Å². The van der Waals surface area contributed by atoms with Crippen LogP contribution < -0.4 is 0 Å². The summed E-state index contributed by atoms with van der Waals surface area (Å²) < 4.78 is 0. The lowest BCUT2D eigenvalue weighted by Gasteiger charge is -2.33. The van der Waals surface area contributed by atoms with Crippen molar-refractivity contribution in [1.29, 1.82) is 0 Å². The minimum absolute atomic E-state index is 0.0626. The second-order valence-electron chi connectivity index (χ2n) is 5.37. The maximum absolute atomic E-state index is 12.3. The third-order valence-corrected chi connectivity index (χ3v) is 3.71. The van der Waals surface area contributed by atoms with Gasteiger partial charge in [0.25, 0.3) is 5.91 Å². The molecule has 0 atom stereocenters. The molecular formula is C14H20ClN3O. The van der Waals surface area contributed by atoms with E-state index in [9.17, 15) is 4.79 Å². The smallest absolute Gasteiger partial charge is 0.254 e. The molecule has 0 aromatic carbocycles. The number of likely N-dealkylation sites (tertiary alicyclic amines) is 1. The Labute approximate surface area is 119 Å². The molecule has 19 heavy (non-hydrogen) atoms. The van der Waals surface area contributed by atoms with Crippen LogP contribution in [0.2, 0.25) is 5.15 Å². The summed E-state index contributed by atoms with van der Waals surface area (Å²) in [6.07, 6.45) is 3.72. The van der Waals surface area contributed by atoms with Crippen molar-refractivity contribution in [1.82, 2.24) is 14.8 Å². The normalized spacial score (nSPS) is 16.9. The topological polar surface area (TPSA) is 36.4 Å². The number of pyridine rings is 1. The van der Waals surface area contributed by atoms with Crippen molar-refractivity contribution in [2.24, 2.45) is 5.92 Å². The fourth-order valence-electron chi connectivity index (χ4n) is 2.55. The number of rotatable bonds is 3. The molecule has 5 heteroatoms. The van der Waals surface area contributed by atoms with Gasteiger partial charge in [-0.2, -0.15) is 0 Å². The number of halogens is 1. The molecule has 0 N–H and O–H groups in total. The van der Waals surface area contributed by atoms with Gasteiger partial charge in [-0.1, -0.05) is 11.6 Å². The van der Waals surface area contributed by atoms with E-state index in [1.54, 1.807) is 18.3 Å². The summed E-state index contributed by atoms with van der Waals surface area (Å²) in [5.41, 5.74) is 0.631. The maximum Gasteiger partial charge on any atom is 0.254 e. The van der Waals surface area contributed by atoms with Gasteiger partial charge in [-0.15, -0.1) is 0 Å². The molecule has 1 amide bonds. The van der Waals surface area contributed by atoms with Gasteiger partial charge in [0.15, 0.2) is 0 Å². The Morgan fingerprint density at radius 1 is 1.47 bits per heavy atom. The first-order chi connectivity index (χ1) is 9.06. The highest BCUT2D eigenvalue weighted by Crippen LogP contribution is 2.20. The van der Waals surface area contributed by atoms with E-state index in [1.807, 2.05) is 4.90 Å². The number of nitrogens with zero attached hydrogens (tertiary/aromatic N) is 3. The number of amides is 1. The van der Waals surface area contributed by atoms with E-state index in [1.165, 1.54) is 0 Å². The monoisotopic (exact) mass is 281 g/mol. The summed E-state index contributed by atoms with van der Waals surface area (Å²) in [6, 6.07) is 3.36. The average Bonchev–Trinajstić information content (AvgIpc) is 2.38. The van der Waals surface area contributed by atoms with Crippen LogP contribution in [0, 0.1) is 5.92 Å². The number of aromatic nitrogens is 1. The highest BCUT2D eigenvalue weighted by molar-refractivity contribution is 6.29. The Bertz CT molecular complexity index is 442. The first kappa shape index (κ1) is 14.3. The van der Waals surface area contributed by atoms with Crippen LogP contribution in [-0.4, -0.2) is 54.4 Å². The fraction of sp³-hybridized carbons (Fsp3) is 0.571. The van der Waals surface area contributed by atoms with Crippen LogP contribution >= 0.6 is 11.6 Å². The first-order valence-corrected chi connectivity index (χ1v) is 6.99. The van der Waals surface area contributed by atoms with Crippen molar-refractivity contribution >= 4 is 17.5 Å². The molecule has 0 aliphatic carbocycles. The van der Waals surface area contributed by atoms with E-state index >= 15 is 0 Å². The predicted molar refractivity (Wildman–Crippen MR) is 76.4 cm³/mol. The molecule has 0 unspecified atom stereocenters. The van der Waals surface area contributed by atoms with E-state index in [2.05, 4.69) is 24.0 Å². The van der Waals surface area contributed by atoms with Gasteiger partial charge in [-0.05, 0) is 45.0 Å². The van der Waals surface area contributed by atoms with E-state index in [0.717, 1.165) is 32.5 Å². The van der Waals surface area contributed by atoms with Crippen LogP contribution in [-0.2, 0) is 0 Å². The molecule has 1 aromatic rings. The summed E-state index contributed by atoms with van der Waals surface area (Å²) in [5.74, 6) is 0.757. The molecule has 0 saturated carbocycles. The van der Waals surface area contributed by atoms with Crippen LogP contribution in [0.3, 0.4) is 0 Å². The number of hydrogen-bond donors (Lipinski definition) is 0. The van der Waals surface area contributed by atoms with Gasteiger partial charge in [-0.25, -0.2) is 4.98 Å². The summed E-state index contributed by atoms with van der Waals surface area (Å²) >= 11 is 5.82. The van der Waals surface area contributed by atoms with Gasteiger partial charge in [-0.3, -0.25) is 4.79 Å². The third kappa shape index (κ3) is 3.91. The highest BCUT2D eigenvalue weighted by Gasteiger charge is 2.23. The van der Waals surface area contributed by atoms with Crippen molar-refractivity contribution in [2.45, 2.75) is 12.8 Å². The second-order valence-corrected chi connectivity index (χ2v) is 5.75. The molecule has 4 nitrogen and oxygen atoms in total. The maximum atomic E-state index is 12.3. The van der Waals surface area contributed by atoms with Gasteiger partial charge in [0.2, 0.25) is 0 Å². The Balaban J connectivity index is 1.92. The zero-order valence-corrected chi connectivity index (χ0v) is 12.2. The third-order valence-electron chi connectivity index (χ3n) is 3.50. The average molecular weight is 282 g/mol. The van der Waals surface area contributed by atoms with Crippen LogP contribution in [0.1, 0.15) is 23.2 Å². The standard InChI is InChI=1S/C14H20ClN3O/c1-17(2)10-11-4-7-18(8-5-11)14(19)12-3-6-16-13(15)9-12/h3,6,9,11H,4-5,7-8,10H2,1-2H3. The molecule has 1 aromatic heterocycles. The van der Waals surface area contributed by atoms with Crippen molar-refractivity contribution in [3.05, 3.63) is 29.0 Å². The lowest BCUT2D eigenvalue weighted by atomic mass is 9.96. The van der Waals surface area contributed by atoms with Gasteiger partial charge < -0.3 is 9.80 Å². The van der Waals surface area contributed by atoms with Gasteiger partial charge in [0, 0.05) is 31.4 Å². The van der Waals surface area contributed by atoms with Crippen molar-refractivity contribution in [3.8, 4) is 0 Å². The van der Waals surface area contributed by atoms with Crippen molar-refractivity contribution < 1.29 is 4.79 Å². The van der Waals surface area contributed by atoms with E-state index in [-0.39, 0.29) is 5.91 Å². The molecule has 0 radical (unpaired) electrons. The molecule has 1 aliphatic rings. The molecule has 2 rings (SSSR count). The summed E-state index contributed by atoms with van der Waals surface area (Å²) in [4.78, 5) is 20.3. The fourth-order valence-corrected chi connectivity index (χ4v) is 2.73. The summed E-state index contributed by atoms with van der Waals surface area (Å²) in [7, 11) is 4.19. The zero-order valence-electron chi connectivity index (χ0n) is 11.5. The summed E-state index contributed by atoms with van der Waals surface area (Å²) in [5, 5.41) is 0.369. The summed E-state index contributed by atoms with van der Waals surface area (Å²) in [6.45, 7) is 2.76. The lowest BCUT2D eigenvalue weighted by molar-refractivity contribution is 0.0678. The molecule has 0 spiro atoms. The quantitative estimate of drug-likeness (QED) is 0.797. The Hall–Kier alpha value is -1.13. The number of piperidine rings is 1. The SMILES string of the molecule is CN(C)CC1CCN(C(=O)c2ccnc(Cl)c2)CC1. The van der Waals surface area contributed by atoms with Gasteiger partial charge >= 0.3 is 0 Å². The van der Waals surface area contributed by atoms with Crippen LogP contribution in [0.15, 0.2) is 18.3 Å². The van der Waals surface area contributed by atoms with Gasteiger partial charge in [0.1, 0.15) is 5.15 Å². The number of carbonyl (C=O) groups is 1. The lowest BCUT2D eigenvalue weighted by Crippen LogP contribution is -2.40. The van der Waals surface area contributed by atoms with E-state index < -0.39 is 0 Å². The van der Waals surface area contributed by atoms with Crippen molar-refractivity contribution in [2.75, 3.05) is 33.7 Å². The minimum atomic E-state index is 0.0626. The Morgan fingerprint density at radius 3 is 2.74 bits per heavy atom. The van der Waals surface area contributed by atoms with E-state index in [0.29, 0.717) is 16.6 Å². The Kier molecular flexibility index (Phi) is 4.77. The van der Waals surface area contributed by atoms with Crippen LogP contribution in [0.4, 0.5) is 0 Å². The molecule has 104 valence electrons.